The molecule has 0 radical (unpaired) electrons. The molecular formula is C12H23I2O3P. The van der Waals surface area contributed by atoms with E-state index in [9.17, 15) is 4.57 Å². The molecule has 0 spiro atoms. The Hall–Kier alpha value is 1.35. The second kappa shape index (κ2) is 11.1. The van der Waals surface area contributed by atoms with Crippen LogP contribution in [0.2, 0.25) is 0 Å². The Morgan fingerprint density at radius 3 is 2.06 bits per heavy atom. The molecule has 108 valence electrons. The number of hydrogen-bond acceptors (Lipinski definition) is 3. The molecule has 3 nitrogen and oxygen atoms in total. The van der Waals surface area contributed by atoms with Crippen LogP contribution < -0.4 is 0 Å². The quantitative estimate of drug-likeness (QED) is 0.213. The summed E-state index contributed by atoms with van der Waals surface area (Å²) in [5, 5.41) is 0. The molecule has 0 heterocycles. The lowest BCUT2D eigenvalue weighted by Crippen LogP contribution is -1.99. The van der Waals surface area contributed by atoms with Crippen LogP contribution in [0.1, 0.15) is 46.5 Å². The van der Waals surface area contributed by atoms with Crippen LogP contribution in [0.15, 0.2) is 8.89 Å². The fraction of sp³-hybridized carbons (Fsp3) is 0.833. The molecule has 0 unspecified atom stereocenters. The van der Waals surface area contributed by atoms with E-state index >= 15 is 0 Å². The van der Waals surface area contributed by atoms with Crippen LogP contribution in [0.25, 0.3) is 0 Å². The molecule has 0 amide bonds. The van der Waals surface area contributed by atoms with Gasteiger partial charge in [0.2, 0.25) is 0 Å². The Labute approximate surface area is 138 Å². The van der Waals surface area contributed by atoms with Crippen molar-refractivity contribution in [2.24, 2.45) is 0 Å². The average Bonchev–Trinajstić information content (AvgIpc) is 2.34. The monoisotopic (exact) mass is 500 g/mol. The van der Waals surface area contributed by atoms with Crippen molar-refractivity contribution in [3.8, 4) is 0 Å². The zero-order valence-electron chi connectivity index (χ0n) is 11.4. The van der Waals surface area contributed by atoms with Crippen molar-refractivity contribution in [2.75, 3.05) is 17.6 Å². The average molecular weight is 500 g/mol. The maximum Gasteiger partial charge on any atom is 0.367 e. The lowest BCUT2D eigenvalue weighted by atomic mass is 10.1. The fourth-order valence-electron chi connectivity index (χ4n) is 1.52. The van der Waals surface area contributed by atoms with E-state index < -0.39 is 7.60 Å². The third-order valence-corrected chi connectivity index (χ3v) is 7.43. The number of alkyl halides is 1. The van der Waals surface area contributed by atoms with Crippen molar-refractivity contribution in [1.29, 1.82) is 0 Å². The molecule has 0 N–H and O–H groups in total. The van der Waals surface area contributed by atoms with Gasteiger partial charge in [0.15, 0.2) is 0 Å². The van der Waals surface area contributed by atoms with Gasteiger partial charge in [-0.2, -0.15) is 0 Å². The summed E-state index contributed by atoms with van der Waals surface area (Å²) in [6.45, 7) is 6.68. The minimum atomic E-state index is -3.07. The minimum absolute atomic E-state index is 0.412. The lowest BCUT2D eigenvalue weighted by Gasteiger charge is -2.19. The zero-order valence-corrected chi connectivity index (χ0v) is 16.6. The molecule has 0 bridgehead atoms. The van der Waals surface area contributed by atoms with E-state index in [1.807, 2.05) is 13.8 Å². The first-order valence-electron chi connectivity index (χ1n) is 6.38. The number of rotatable bonds is 10. The summed E-state index contributed by atoms with van der Waals surface area (Å²) in [4.78, 5) is 0. The summed E-state index contributed by atoms with van der Waals surface area (Å²) in [7, 11) is -3.07. The second-order valence-corrected chi connectivity index (χ2v) is 8.74. The number of allylic oxidation sites excluding steroid dienone is 1. The van der Waals surface area contributed by atoms with Crippen molar-refractivity contribution in [2.45, 2.75) is 46.5 Å². The van der Waals surface area contributed by atoms with Crippen molar-refractivity contribution in [3.63, 3.8) is 0 Å². The van der Waals surface area contributed by atoms with Crippen LogP contribution in [-0.4, -0.2) is 17.6 Å². The van der Waals surface area contributed by atoms with Crippen LogP contribution >= 0.6 is 52.8 Å². The molecule has 0 aromatic carbocycles. The molecular weight excluding hydrogens is 477 g/mol. The highest BCUT2D eigenvalue weighted by Crippen LogP contribution is 2.60. The van der Waals surface area contributed by atoms with Crippen LogP contribution in [0.4, 0.5) is 0 Å². The van der Waals surface area contributed by atoms with E-state index in [0.717, 1.165) is 33.4 Å². The van der Waals surface area contributed by atoms with Gasteiger partial charge in [-0.1, -0.05) is 35.9 Å². The molecule has 0 saturated carbocycles. The molecule has 0 aliphatic heterocycles. The molecule has 0 aliphatic carbocycles. The third-order valence-electron chi connectivity index (χ3n) is 2.36. The first kappa shape index (κ1) is 19.4. The number of unbranched alkanes of at least 4 members (excludes halogenated alkanes) is 1. The number of hydrogen-bond donors (Lipinski definition) is 0. The van der Waals surface area contributed by atoms with Crippen molar-refractivity contribution < 1.29 is 13.6 Å². The summed E-state index contributed by atoms with van der Waals surface area (Å²) >= 11 is 4.51. The van der Waals surface area contributed by atoms with E-state index in [4.69, 9.17) is 9.05 Å². The highest BCUT2D eigenvalue weighted by Gasteiger charge is 2.30. The molecule has 18 heavy (non-hydrogen) atoms. The first-order valence-corrected chi connectivity index (χ1v) is 10.5. The van der Waals surface area contributed by atoms with E-state index in [-0.39, 0.29) is 0 Å². The van der Waals surface area contributed by atoms with Gasteiger partial charge in [-0.15, -0.1) is 0 Å². The summed E-state index contributed by atoms with van der Waals surface area (Å²) < 4.78 is 25.3. The third kappa shape index (κ3) is 6.68. The number of halogens is 2. The SMILES string of the molecule is CCCC/C(CCI)=C(/I)P(=O)(OCC)OCC. The van der Waals surface area contributed by atoms with E-state index in [0.29, 0.717) is 13.2 Å². The molecule has 0 aromatic rings. The van der Waals surface area contributed by atoms with E-state index in [1.54, 1.807) is 0 Å². The predicted molar refractivity (Wildman–Crippen MR) is 94.9 cm³/mol. The molecule has 0 aromatic heterocycles. The summed E-state index contributed by atoms with van der Waals surface area (Å²) in [6, 6.07) is 0. The Bertz CT molecular complexity index is 296. The zero-order chi connectivity index (χ0) is 14.0. The van der Waals surface area contributed by atoms with Gasteiger partial charge in [0, 0.05) is 4.43 Å². The Kier molecular flexibility index (Phi) is 11.9. The van der Waals surface area contributed by atoms with Crippen molar-refractivity contribution >= 4 is 52.8 Å². The van der Waals surface area contributed by atoms with Gasteiger partial charge < -0.3 is 9.05 Å². The summed E-state index contributed by atoms with van der Waals surface area (Å²) in [6.07, 6.45) is 4.21. The Balaban J connectivity index is 5.14. The normalized spacial score (nSPS) is 13.6. The van der Waals surface area contributed by atoms with Gasteiger partial charge in [-0.3, -0.25) is 4.57 Å². The van der Waals surface area contributed by atoms with Gasteiger partial charge in [0.25, 0.3) is 0 Å². The van der Waals surface area contributed by atoms with Gasteiger partial charge in [-0.05, 0) is 61.3 Å². The molecule has 0 rings (SSSR count). The Morgan fingerprint density at radius 1 is 1.11 bits per heavy atom. The van der Waals surface area contributed by atoms with Crippen LogP contribution in [0.5, 0.6) is 0 Å². The molecule has 0 saturated heterocycles. The van der Waals surface area contributed by atoms with Gasteiger partial charge in [0.05, 0.1) is 13.2 Å². The van der Waals surface area contributed by atoms with E-state index in [1.165, 1.54) is 5.57 Å². The highest BCUT2D eigenvalue weighted by atomic mass is 127. The maximum absolute atomic E-state index is 12.7. The Morgan fingerprint density at radius 2 is 1.67 bits per heavy atom. The second-order valence-electron chi connectivity index (χ2n) is 3.77. The topological polar surface area (TPSA) is 35.5 Å². The molecule has 6 heteroatoms. The predicted octanol–water partition coefficient (Wildman–Crippen LogP) is 5.91. The van der Waals surface area contributed by atoms with Crippen LogP contribution in [0, 0.1) is 0 Å². The molecule has 0 atom stereocenters. The fourth-order valence-corrected chi connectivity index (χ4v) is 5.14. The molecule has 0 fully saturated rings. The highest BCUT2D eigenvalue weighted by molar-refractivity contribution is 14.1. The van der Waals surface area contributed by atoms with Crippen LogP contribution in [0.3, 0.4) is 0 Å². The maximum atomic E-state index is 12.7. The molecule has 0 aliphatic rings. The van der Waals surface area contributed by atoms with E-state index in [2.05, 4.69) is 52.1 Å². The van der Waals surface area contributed by atoms with Gasteiger partial charge >= 0.3 is 7.60 Å². The van der Waals surface area contributed by atoms with Crippen LogP contribution in [-0.2, 0) is 13.6 Å². The minimum Gasteiger partial charge on any atom is -0.305 e. The van der Waals surface area contributed by atoms with Crippen molar-refractivity contribution in [3.05, 3.63) is 8.89 Å². The van der Waals surface area contributed by atoms with Crippen molar-refractivity contribution in [1.82, 2.24) is 0 Å². The first-order chi connectivity index (χ1) is 8.55. The summed E-state index contributed by atoms with van der Waals surface area (Å²) in [5.74, 6) is 0. The lowest BCUT2D eigenvalue weighted by molar-refractivity contribution is 0.228. The van der Waals surface area contributed by atoms with Gasteiger partial charge in [0.1, 0.15) is 3.32 Å². The van der Waals surface area contributed by atoms with Gasteiger partial charge in [-0.25, -0.2) is 0 Å². The summed E-state index contributed by atoms with van der Waals surface area (Å²) in [5.41, 5.74) is 1.23. The largest absolute Gasteiger partial charge is 0.367 e. The smallest absolute Gasteiger partial charge is 0.305 e. The standard InChI is InChI=1S/C12H23I2O3P/c1-4-7-8-11(9-10-13)12(14)18(15,16-5-2)17-6-3/h4-10H2,1-3H3/b12-11+.